The summed E-state index contributed by atoms with van der Waals surface area (Å²) >= 11 is 0. The predicted octanol–water partition coefficient (Wildman–Crippen LogP) is 2.02. The molecule has 3 rings (SSSR count). The number of carbonyl (C=O) groups is 2. The fraction of sp³-hybridized carbons (Fsp3) is 0.267. The fourth-order valence-corrected chi connectivity index (χ4v) is 2.00. The molecule has 0 atom stereocenters. The predicted molar refractivity (Wildman–Crippen MR) is 79.0 cm³/mol. The average Bonchev–Trinajstić information content (AvgIpc) is 3.23. The minimum atomic E-state index is -0.253. The van der Waals surface area contributed by atoms with Gasteiger partial charge in [-0.25, -0.2) is 0 Å². The van der Waals surface area contributed by atoms with Gasteiger partial charge in [-0.2, -0.15) is 5.10 Å². The first-order chi connectivity index (χ1) is 10.1. The second-order valence-corrected chi connectivity index (χ2v) is 5.17. The van der Waals surface area contributed by atoms with Crippen LogP contribution in [-0.2, 0) is 11.8 Å². The van der Waals surface area contributed by atoms with E-state index < -0.39 is 0 Å². The first-order valence-electron chi connectivity index (χ1n) is 6.84. The van der Waals surface area contributed by atoms with Crippen molar-refractivity contribution >= 4 is 23.3 Å². The zero-order chi connectivity index (χ0) is 14.8. The lowest BCUT2D eigenvalue weighted by Gasteiger charge is -2.07. The van der Waals surface area contributed by atoms with Gasteiger partial charge in [0.25, 0.3) is 5.91 Å². The van der Waals surface area contributed by atoms with Crippen LogP contribution >= 0.6 is 0 Å². The molecule has 108 valence electrons. The van der Waals surface area contributed by atoms with E-state index in [1.165, 1.54) is 0 Å². The molecule has 0 saturated heterocycles. The normalized spacial score (nSPS) is 13.8. The Balaban J connectivity index is 1.69. The first-order valence-corrected chi connectivity index (χ1v) is 6.84. The number of nitrogens with one attached hydrogen (secondary N) is 2. The molecule has 2 N–H and O–H groups in total. The van der Waals surface area contributed by atoms with Crippen molar-refractivity contribution in [1.82, 2.24) is 9.78 Å². The Kier molecular flexibility index (Phi) is 3.43. The van der Waals surface area contributed by atoms with Crippen LogP contribution in [0.1, 0.15) is 23.2 Å². The van der Waals surface area contributed by atoms with Crippen molar-refractivity contribution in [2.45, 2.75) is 12.8 Å². The molecule has 0 unspecified atom stereocenters. The van der Waals surface area contributed by atoms with E-state index in [0.717, 1.165) is 12.8 Å². The highest BCUT2D eigenvalue weighted by Gasteiger charge is 2.29. The highest BCUT2D eigenvalue weighted by Crippen LogP contribution is 2.30. The van der Waals surface area contributed by atoms with Crippen LogP contribution in [0.5, 0.6) is 0 Å². The number of anilines is 2. The molecule has 1 aliphatic rings. The number of nitrogens with zero attached hydrogens (tertiary/aromatic N) is 2. The highest BCUT2D eigenvalue weighted by molar-refractivity contribution is 6.05. The standard InChI is InChI=1S/C15H16N4O2/c1-19-8-7-13(18-19)17-15(21)11-3-2-4-12(9-11)16-14(20)10-5-6-10/h2-4,7-10H,5-6H2,1H3,(H,16,20)(H,17,18,21). The third kappa shape index (κ3) is 3.28. The second kappa shape index (κ2) is 5.40. The van der Waals surface area contributed by atoms with Crippen LogP contribution < -0.4 is 10.6 Å². The number of rotatable bonds is 4. The van der Waals surface area contributed by atoms with Gasteiger partial charge in [0, 0.05) is 36.5 Å². The van der Waals surface area contributed by atoms with E-state index in [1.807, 2.05) is 0 Å². The van der Waals surface area contributed by atoms with Crippen LogP contribution in [0.4, 0.5) is 11.5 Å². The third-order valence-corrected chi connectivity index (χ3v) is 3.30. The summed E-state index contributed by atoms with van der Waals surface area (Å²) in [5, 5.41) is 9.63. The maximum atomic E-state index is 12.1. The number of aromatic nitrogens is 2. The van der Waals surface area contributed by atoms with Crippen molar-refractivity contribution in [2.24, 2.45) is 13.0 Å². The smallest absolute Gasteiger partial charge is 0.256 e. The number of aryl methyl sites for hydroxylation is 1. The zero-order valence-corrected chi connectivity index (χ0v) is 11.7. The van der Waals surface area contributed by atoms with E-state index in [4.69, 9.17) is 0 Å². The molecule has 0 radical (unpaired) electrons. The summed E-state index contributed by atoms with van der Waals surface area (Å²) in [6.07, 6.45) is 3.65. The fourth-order valence-electron chi connectivity index (χ4n) is 2.00. The van der Waals surface area contributed by atoms with Crippen LogP contribution in [0, 0.1) is 5.92 Å². The van der Waals surface area contributed by atoms with Crippen LogP contribution in [0.15, 0.2) is 36.5 Å². The molecular weight excluding hydrogens is 268 g/mol. The van der Waals surface area contributed by atoms with Crippen molar-refractivity contribution in [3.8, 4) is 0 Å². The lowest BCUT2D eigenvalue weighted by atomic mass is 10.2. The van der Waals surface area contributed by atoms with Gasteiger partial charge in [-0.3, -0.25) is 14.3 Å². The minimum Gasteiger partial charge on any atom is -0.326 e. The number of hydrogen-bond donors (Lipinski definition) is 2. The van der Waals surface area contributed by atoms with Gasteiger partial charge < -0.3 is 10.6 Å². The van der Waals surface area contributed by atoms with Crippen molar-refractivity contribution in [3.63, 3.8) is 0 Å². The Hall–Kier alpha value is -2.63. The van der Waals surface area contributed by atoms with Gasteiger partial charge in [-0.1, -0.05) is 6.07 Å². The van der Waals surface area contributed by atoms with E-state index >= 15 is 0 Å². The molecule has 6 nitrogen and oxygen atoms in total. The van der Waals surface area contributed by atoms with E-state index in [0.29, 0.717) is 17.1 Å². The molecule has 2 aromatic rings. The van der Waals surface area contributed by atoms with Gasteiger partial charge >= 0.3 is 0 Å². The minimum absolute atomic E-state index is 0.0253. The van der Waals surface area contributed by atoms with Crippen molar-refractivity contribution in [1.29, 1.82) is 0 Å². The summed E-state index contributed by atoms with van der Waals surface area (Å²) in [6, 6.07) is 8.61. The molecule has 1 aromatic carbocycles. The molecule has 6 heteroatoms. The Bertz CT molecular complexity index is 688. The van der Waals surface area contributed by atoms with Gasteiger partial charge in [0.1, 0.15) is 0 Å². The molecule has 0 spiro atoms. The topological polar surface area (TPSA) is 76.0 Å². The summed E-state index contributed by atoms with van der Waals surface area (Å²) in [7, 11) is 1.78. The quantitative estimate of drug-likeness (QED) is 0.901. The molecule has 21 heavy (non-hydrogen) atoms. The monoisotopic (exact) mass is 284 g/mol. The maximum Gasteiger partial charge on any atom is 0.256 e. The molecule has 0 aliphatic heterocycles. The summed E-state index contributed by atoms with van der Waals surface area (Å²) in [5.41, 5.74) is 1.12. The molecule has 1 aliphatic carbocycles. The largest absolute Gasteiger partial charge is 0.326 e. The maximum absolute atomic E-state index is 12.1. The van der Waals surface area contributed by atoms with Gasteiger partial charge in [-0.05, 0) is 31.0 Å². The van der Waals surface area contributed by atoms with Crippen molar-refractivity contribution in [3.05, 3.63) is 42.1 Å². The lowest BCUT2D eigenvalue weighted by molar-refractivity contribution is -0.117. The van der Waals surface area contributed by atoms with E-state index in [9.17, 15) is 9.59 Å². The van der Waals surface area contributed by atoms with E-state index in [-0.39, 0.29) is 17.7 Å². The van der Waals surface area contributed by atoms with Crippen LogP contribution in [0.3, 0.4) is 0 Å². The van der Waals surface area contributed by atoms with E-state index in [2.05, 4.69) is 15.7 Å². The molecule has 2 amide bonds. The summed E-state index contributed by atoms with van der Waals surface area (Å²) in [4.78, 5) is 23.9. The molecule has 0 bridgehead atoms. The van der Waals surface area contributed by atoms with Crippen molar-refractivity contribution in [2.75, 3.05) is 10.6 Å². The average molecular weight is 284 g/mol. The molecule has 1 saturated carbocycles. The highest BCUT2D eigenvalue weighted by atomic mass is 16.2. The van der Waals surface area contributed by atoms with Gasteiger partial charge in [0.2, 0.25) is 5.91 Å². The SMILES string of the molecule is Cn1ccc(NC(=O)c2cccc(NC(=O)C3CC3)c2)n1. The van der Waals surface area contributed by atoms with Gasteiger partial charge in [-0.15, -0.1) is 0 Å². The summed E-state index contributed by atoms with van der Waals surface area (Å²) in [6.45, 7) is 0. The Labute approximate surface area is 122 Å². The third-order valence-electron chi connectivity index (χ3n) is 3.30. The van der Waals surface area contributed by atoms with Gasteiger partial charge in [0.15, 0.2) is 5.82 Å². The van der Waals surface area contributed by atoms with Crippen molar-refractivity contribution < 1.29 is 9.59 Å². The summed E-state index contributed by atoms with van der Waals surface area (Å²) in [5.74, 6) is 0.402. The second-order valence-electron chi connectivity index (χ2n) is 5.17. The summed E-state index contributed by atoms with van der Waals surface area (Å²) < 4.78 is 1.61. The number of benzene rings is 1. The number of carbonyl (C=O) groups excluding carboxylic acids is 2. The molecule has 1 fully saturated rings. The molecular formula is C15H16N4O2. The van der Waals surface area contributed by atoms with Crippen LogP contribution in [0.25, 0.3) is 0 Å². The Morgan fingerprint density at radius 3 is 2.71 bits per heavy atom. The Morgan fingerprint density at radius 2 is 2.05 bits per heavy atom. The number of amides is 2. The molecule has 1 heterocycles. The zero-order valence-electron chi connectivity index (χ0n) is 11.7. The van der Waals surface area contributed by atoms with Gasteiger partial charge in [0.05, 0.1) is 0 Å². The Morgan fingerprint density at radius 1 is 1.24 bits per heavy atom. The number of hydrogen-bond acceptors (Lipinski definition) is 3. The molecule has 1 aromatic heterocycles. The van der Waals surface area contributed by atoms with Crippen LogP contribution in [0.2, 0.25) is 0 Å². The van der Waals surface area contributed by atoms with E-state index in [1.54, 1.807) is 48.3 Å². The lowest BCUT2D eigenvalue weighted by Crippen LogP contribution is -2.15. The van der Waals surface area contributed by atoms with Crippen LogP contribution in [-0.4, -0.2) is 21.6 Å². The first kappa shape index (κ1) is 13.4.